The van der Waals surface area contributed by atoms with Crippen LogP contribution in [0.2, 0.25) is 0 Å². The number of carbonyl (C=O) groups is 1. The summed E-state index contributed by atoms with van der Waals surface area (Å²) in [6, 6.07) is 12.8. The van der Waals surface area contributed by atoms with Gasteiger partial charge in [-0.1, -0.05) is 38.1 Å². The normalized spacial score (nSPS) is 11.2. The summed E-state index contributed by atoms with van der Waals surface area (Å²) in [5.41, 5.74) is 7.12. The van der Waals surface area contributed by atoms with Crippen molar-refractivity contribution in [3.8, 4) is 0 Å². The average Bonchev–Trinajstić information content (AvgIpc) is 3.06. The molecular formula is C24H31F3N4O2. The van der Waals surface area contributed by atoms with Crippen LogP contribution in [0.5, 0.6) is 0 Å². The fourth-order valence-electron chi connectivity index (χ4n) is 3.63. The number of aliphatic carboxylic acids is 1. The maximum atomic E-state index is 10.6. The quantitative estimate of drug-likeness (QED) is 0.436. The second-order valence-electron chi connectivity index (χ2n) is 7.82. The van der Waals surface area contributed by atoms with Crippen molar-refractivity contribution >= 4 is 34.3 Å². The number of hydrogen-bond acceptors (Lipinski definition) is 4. The lowest BCUT2D eigenvalue weighted by Gasteiger charge is -2.25. The Morgan fingerprint density at radius 1 is 1.06 bits per heavy atom. The van der Waals surface area contributed by atoms with Crippen molar-refractivity contribution in [3.63, 3.8) is 0 Å². The number of nitrogens with one attached hydrogen (secondary N) is 1. The third kappa shape index (κ3) is 6.40. The molecule has 1 aromatic heterocycles. The highest BCUT2D eigenvalue weighted by molar-refractivity contribution is 5.91. The molecule has 0 atom stereocenters. The number of hydrogen-bond donors (Lipinski definition) is 2. The van der Waals surface area contributed by atoms with Crippen LogP contribution in [0, 0.1) is 13.8 Å². The number of carboxylic acids is 1. The van der Waals surface area contributed by atoms with Gasteiger partial charge in [-0.05, 0) is 49.9 Å². The molecule has 0 aliphatic carbocycles. The third-order valence-corrected chi connectivity index (χ3v) is 5.16. The number of aryl methyl sites for hydroxylation is 3. The zero-order chi connectivity index (χ0) is 24.8. The van der Waals surface area contributed by atoms with Crippen LogP contribution in [0.4, 0.5) is 30.5 Å². The smallest absolute Gasteiger partial charge is 0.475 e. The van der Waals surface area contributed by atoms with Crippen LogP contribution >= 0.6 is 0 Å². The number of halogens is 3. The first kappa shape index (κ1) is 26.0. The second-order valence-corrected chi connectivity index (χ2v) is 7.82. The van der Waals surface area contributed by atoms with Crippen LogP contribution in [-0.4, -0.2) is 39.9 Å². The largest absolute Gasteiger partial charge is 0.490 e. The molecular weight excluding hydrogens is 433 g/mol. The number of rotatable bonds is 7. The van der Waals surface area contributed by atoms with Crippen molar-refractivity contribution in [2.45, 2.75) is 46.7 Å². The summed E-state index contributed by atoms with van der Waals surface area (Å²) >= 11 is 0. The number of benzene rings is 2. The molecule has 0 saturated carbocycles. The summed E-state index contributed by atoms with van der Waals surface area (Å²) in [4.78, 5) is 16.3. The number of anilines is 3. The first-order valence-corrected chi connectivity index (χ1v) is 10.8. The number of para-hydroxylation sites is 2. The summed E-state index contributed by atoms with van der Waals surface area (Å²) in [6.07, 6.45) is -2.80. The SMILES string of the molecule is CCCN(CCC)c1cccc2nc(Nc3c(C)cccc3C)n(C)c12.O=C(O)C(F)(F)F. The minimum atomic E-state index is -5.08. The van der Waals surface area contributed by atoms with Crippen molar-refractivity contribution in [3.05, 3.63) is 47.5 Å². The molecule has 33 heavy (non-hydrogen) atoms. The van der Waals surface area contributed by atoms with E-state index in [9.17, 15) is 13.2 Å². The second kappa shape index (κ2) is 11.1. The van der Waals surface area contributed by atoms with Crippen LogP contribution in [-0.2, 0) is 11.8 Å². The van der Waals surface area contributed by atoms with E-state index in [-0.39, 0.29) is 0 Å². The highest BCUT2D eigenvalue weighted by Crippen LogP contribution is 2.31. The van der Waals surface area contributed by atoms with Crippen LogP contribution < -0.4 is 10.2 Å². The standard InChI is InChI=1S/C22H30N4.C2HF3O2/c1-6-14-26(15-7-2)19-13-9-12-18-21(19)25(5)22(23-18)24-20-16(3)10-8-11-17(20)4;3-2(4,5)1(6)7/h8-13H,6-7,14-15H2,1-5H3,(H,23,24);(H,6,7). The zero-order valence-corrected chi connectivity index (χ0v) is 19.6. The molecule has 2 N–H and O–H groups in total. The maximum Gasteiger partial charge on any atom is 0.490 e. The first-order valence-electron chi connectivity index (χ1n) is 10.8. The van der Waals surface area contributed by atoms with E-state index in [4.69, 9.17) is 14.9 Å². The van der Waals surface area contributed by atoms with E-state index >= 15 is 0 Å². The molecule has 0 amide bonds. The molecule has 0 aliphatic heterocycles. The highest BCUT2D eigenvalue weighted by atomic mass is 19.4. The summed E-state index contributed by atoms with van der Waals surface area (Å²) < 4.78 is 33.9. The van der Waals surface area contributed by atoms with E-state index < -0.39 is 12.1 Å². The molecule has 0 unspecified atom stereocenters. The van der Waals surface area contributed by atoms with Crippen LogP contribution in [0.3, 0.4) is 0 Å². The van der Waals surface area contributed by atoms with Gasteiger partial charge in [-0.15, -0.1) is 0 Å². The van der Waals surface area contributed by atoms with Gasteiger partial charge >= 0.3 is 12.1 Å². The van der Waals surface area contributed by atoms with Crippen molar-refractivity contribution < 1.29 is 23.1 Å². The zero-order valence-electron chi connectivity index (χ0n) is 19.6. The number of imidazole rings is 1. The van der Waals surface area contributed by atoms with E-state index in [0.717, 1.165) is 43.1 Å². The van der Waals surface area contributed by atoms with E-state index in [1.54, 1.807) is 0 Å². The Morgan fingerprint density at radius 2 is 1.58 bits per heavy atom. The van der Waals surface area contributed by atoms with Gasteiger partial charge in [0.05, 0.1) is 16.7 Å². The van der Waals surface area contributed by atoms with Gasteiger partial charge in [-0.2, -0.15) is 13.2 Å². The molecule has 2 aromatic carbocycles. The molecule has 0 spiro atoms. The first-order chi connectivity index (χ1) is 15.5. The monoisotopic (exact) mass is 464 g/mol. The Bertz CT molecular complexity index is 1070. The molecule has 0 saturated heterocycles. The van der Waals surface area contributed by atoms with E-state index in [1.807, 2.05) is 0 Å². The van der Waals surface area contributed by atoms with Crippen LogP contribution in [0.15, 0.2) is 36.4 Å². The molecule has 180 valence electrons. The Morgan fingerprint density at radius 3 is 2.06 bits per heavy atom. The molecule has 1 heterocycles. The molecule has 6 nitrogen and oxygen atoms in total. The molecule has 0 radical (unpaired) electrons. The fourth-order valence-corrected chi connectivity index (χ4v) is 3.63. The molecule has 3 aromatic rings. The Kier molecular flexibility index (Phi) is 8.73. The molecule has 9 heteroatoms. The minimum Gasteiger partial charge on any atom is -0.475 e. The van der Waals surface area contributed by atoms with E-state index in [1.165, 1.54) is 22.3 Å². The maximum absolute atomic E-state index is 10.6. The number of aromatic nitrogens is 2. The third-order valence-electron chi connectivity index (χ3n) is 5.16. The van der Waals surface area contributed by atoms with E-state index in [2.05, 4.69) is 85.9 Å². The summed E-state index contributed by atoms with van der Waals surface area (Å²) in [5.74, 6) is -1.87. The Labute approximate surface area is 192 Å². The number of carboxylic acid groups (broad SMARTS) is 1. The molecule has 0 aliphatic rings. The molecule has 0 bridgehead atoms. The lowest BCUT2D eigenvalue weighted by Crippen LogP contribution is -2.25. The van der Waals surface area contributed by atoms with Gasteiger partial charge in [0.15, 0.2) is 0 Å². The van der Waals surface area contributed by atoms with Crippen molar-refractivity contribution in [2.75, 3.05) is 23.3 Å². The van der Waals surface area contributed by atoms with E-state index in [0.29, 0.717) is 0 Å². The lowest BCUT2D eigenvalue weighted by atomic mass is 10.1. The fraction of sp³-hybridized carbons (Fsp3) is 0.417. The Hall–Kier alpha value is -3.23. The molecule has 0 fully saturated rings. The predicted molar refractivity (Wildman–Crippen MR) is 126 cm³/mol. The average molecular weight is 465 g/mol. The van der Waals surface area contributed by atoms with Crippen LogP contribution in [0.25, 0.3) is 11.0 Å². The van der Waals surface area contributed by atoms with Crippen molar-refractivity contribution in [1.82, 2.24) is 9.55 Å². The topological polar surface area (TPSA) is 70.4 Å². The molecule has 3 rings (SSSR count). The Balaban J connectivity index is 0.000000479. The van der Waals surface area contributed by atoms with Gasteiger partial charge < -0.3 is 19.9 Å². The number of nitrogens with zero attached hydrogens (tertiary/aromatic N) is 3. The van der Waals surface area contributed by atoms with Gasteiger partial charge in [0.2, 0.25) is 5.95 Å². The number of fused-ring (bicyclic) bond motifs is 1. The van der Waals surface area contributed by atoms with Crippen LogP contribution in [0.1, 0.15) is 37.8 Å². The minimum absolute atomic E-state index is 0.887. The van der Waals surface area contributed by atoms with Gasteiger partial charge in [0.25, 0.3) is 0 Å². The van der Waals surface area contributed by atoms with Gasteiger partial charge in [0.1, 0.15) is 0 Å². The van der Waals surface area contributed by atoms with Gasteiger partial charge in [0, 0.05) is 25.8 Å². The summed E-state index contributed by atoms with van der Waals surface area (Å²) in [7, 11) is 2.10. The van der Waals surface area contributed by atoms with Gasteiger partial charge in [-0.3, -0.25) is 0 Å². The number of alkyl halides is 3. The van der Waals surface area contributed by atoms with Crippen molar-refractivity contribution in [1.29, 1.82) is 0 Å². The van der Waals surface area contributed by atoms with Crippen molar-refractivity contribution in [2.24, 2.45) is 7.05 Å². The highest BCUT2D eigenvalue weighted by Gasteiger charge is 2.38. The summed E-state index contributed by atoms with van der Waals surface area (Å²) in [6.45, 7) is 10.9. The van der Waals surface area contributed by atoms with Gasteiger partial charge in [-0.25, -0.2) is 9.78 Å². The predicted octanol–water partition coefficient (Wildman–Crippen LogP) is 6.19. The summed E-state index contributed by atoms with van der Waals surface area (Å²) in [5, 5.41) is 10.7. The lowest BCUT2D eigenvalue weighted by molar-refractivity contribution is -0.192.